The molecule has 2 amide bonds. The quantitative estimate of drug-likeness (QED) is 0.790. The van der Waals surface area contributed by atoms with E-state index in [1.807, 2.05) is 34.9 Å². The highest BCUT2D eigenvalue weighted by Gasteiger charge is 2.41. The Balaban J connectivity index is 1.50. The lowest BCUT2D eigenvalue weighted by molar-refractivity contribution is -0.141. The van der Waals surface area contributed by atoms with Crippen LogP contribution in [-0.2, 0) is 18.3 Å². The second-order valence-electron chi connectivity index (χ2n) is 7.69. The Hall–Kier alpha value is -2.41. The molecule has 0 spiro atoms. The SMILES string of the molecule is Cc1cccc(CC(=O)N2C3CCCC2CN(C(=O)c2cnn(C)n2)C3)c1Cl. The van der Waals surface area contributed by atoms with Crippen molar-refractivity contribution in [1.29, 1.82) is 0 Å². The van der Waals surface area contributed by atoms with E-state index in [0.29, 0.717) is 30.2 Å². The number of rotatable bonds is 3. The van der Waals surface area contributed by atoms with Crippen molar-refractivity contribution in [2.45, 2.75) is 44.7 Å². The van der Waals surface area contributed by atoms with E-state index >= 15 is 0 Å². The van der Waals surface area contributed by atoms with E-state index in [2.05, 4.69) is 10.2 Å². The number of piperidine rings is 1. The number of aryl methyl sites for hydroxylation is 2. The highest BCUT2D eigenvalue weighted by atomic mass is 35.5. The van der Waals surface area contributed by atoms with Crippen LogP contribution in [0.15, 0.2) is 24.4 Å². The Morgan fingerprint density at radius 1 is 1.21 bits per heavy atom. The molecule has 3 heterocycles. The van der Waals surface area contributed by atoms with Crippen LogP contribution in [0.2, 0.25) is 5.02 Å². The van der Waals surface area contributed by atoms with Gasteiger partial charge in [0.1, 0.15) is 0 Å². The van der Waals surface area contributed by atoms with Crippen molar-refractivity contribution >= 4 is 23.4 Å². The molecular weight excluding hydrogens is 378 g/mol. The van der Waals surface area contributed by atoms with Crippen molar-refractivity contribution in [1.82, 2.24) is 24.8 Å². The summed E-state index contributed by atoms with van der Waals surface area (Å²) in [5.74, 6) is -0.0207. The van der Waals surface area contributed by atoms with Crippen molar-refractivity contribution in [3.63, 3.8) is 0 Å². The first-order chi connectivity index (χ1) is 13.4. The lowest BCUT2D eigenvalue weighted by atomic mass is 9.90. The lowest BCUT2D eigenvalue weighted by Gasteiger charge is -2.50. The first-order valence-corrected chi connectivity index (χ1v) is 10.0. The fraction of sp³-hybridized carbons (Fsp3) is 0.500. The van der Waals surface area contributed by atoms with Gasteiger partial charge in [-0.2, -0.15) is 9.90 Å². The average Bonchev–Trinajstić information content (AvgIpc) is 3.10. The molecule has 0 saturated carbocycles. The highest BCUT2D eigenvalue weighted by molar-refractivity contribution is 6.32. The highest BCUT2D eigenvalue weighted by Crippen LogP contribution is 2.31. The van der Waals surface area contributed by atoms with Crippen LogP contribution in [0.4, 0.5) is 0 Å². The maximum absolute atomic E-state index is 13.1. The largest absolute Gasteiger partial charge is 0.333 e. The summed E-state index contributed by atoms with van der Waals surface area (Å²) in [6, 6.07) is 5.88. The maximum Gasteiger partial charge on any atom is 0.276 e. The van der Waals surface area contributed by atoms with Gasteiger partial charge < -0.3 is 9.80 Å². The summed E-state index contributed by atoms with van der Waals surface area (Å²) < 4.78 is 0. The molecule has 2 aliphatic rings. The van der Waals surface area contributed by atoms with Gasteiger partial charge in [0.25, 0.3) is 5.91 Å². The van der Waals surface area contributed by atoms with Gasteiger partial charge in [-0.05, 0) is 37.3 Å². The fourth-order valence-corrected chi connectivity index (χ4v) is 4.58. The van der Waals surface area contributed by atoms with Crippen LogP contribution in [0.1, 0.15) is 40.9 Å². The summed E-state index contributed by atoms with van der Waals surface area (Å²) in [6.07, 6.45) is 4.69. The number of carbonyl (C=O) groups is 2. The minimum atomic E-state index is -0.112. The molecule has 7 nitrogen and oxygen atoms in total. The molecule has 148 valence electrons. The topological polar surface area (TPSA) is 71.3 Å². The van der Waals surface area contributed by atoms with Crippen LogP contribution in [0, 0.1) is 6.92 Å². The van der Waals surface area contributed by atoms with Gasteiger partial charge in [0, 0.05) is 37.2 Å². The molecule has 8 heteroatoms. The zero-order valence-electron chi connectivity index (χ0n) is 16.1. The van der Waals surface area contributed by atoms with Crippen molar-refractivity contribution < 1.29 is 9.59 Å². The Morgan fingerprint density at radius 3 is 2.57 bits per heavy atom. The molecule has 1 aromatic carbocycles. The fourth-order valence-electron chi connectivity index (χ4n) is 4.39. The van der Waals surface area contributed by atoms with Crippen LogP contribution in [-0.4, -0.2) is 61.8 Å². The third-order valence-electron chi connectivity index (χ3n) is 5.73. The second-order valence-corrected chi connectivity index (χ2v) is 8.07. The molecule has 0 N–H and O–H groups in total. The van der Waals surface area contributed by atoms with E-state index in [1.165, 1.54) is 11.0 Å². The number of halogens is 1. The Kier molecular flexibility index (Phi) is 5.10. The second kappa shape index (κ2) is 7.54. The molecule has 4 rings (SSSR count). The molecule has 2 unspecified atom stereocenters. The third kappa shape index (κ3) is 3.51. The Bertz CT molecular complexity index is 898. The molecule has 2 fully saturated rings. The molecule has 2 aliphatic heterocycles. The number of likely N-dealkylation sites (tertiary alicyclic amines) is 1. The third-order valence-corrected chi connectivity index (χ3v) is 6.27. The number of piperazine rings is 1. The van der Waals surface area contributed by atoms with Gasteiger partial charge in [0.2, 0.25) is 5.91 Å². The minimum Gasteiger partial charge on any atom is -0.333 e. The predicted molar refractivity (Wildman–Crippen MR) is 105 cm³/mol. The normalized spacial score (nSPS) is 21.7. The van der Waals surface area contributed by atoms with Crippen molar-refractivity contribution in [2.75, 3.05) is 13.1 Å². The van der Waals surface area contributed by atoms with E-state index in [0.717, 1.165) is 30.4 Å². The molecule has 0 radical (unpaired) electrons. The molecule has 2 bridgehead atoms. The van der Waals surface area contributed by atoms with Gasteiger partial charge in [-0.15, -0.1) is 5.10 Å². The Morgan fingerprint density at radius 2 is 1.93 bits per heavy atom. The summed E-state index contributed by atoms with van der Waals surface area (Å²) in [5, 5.41) is 8.78. The molecule has 2 aromatic rings. The molecule has 0 aliphatic carbocycles. The standard InChI is InChI=1S/C20H24ClN5O2/c1-13-5-3-6-14(19(13)21)9-18(27)26-15-7-4-8-16(26)12-25(11-15)20(28)17-10-22-24(2)23-17/h3,5-6,10,15-16H,4,7-9,11-12H2,1-2H3. The predicted octanol–water partition coefficient (Wildman–Crippen LogP) is 2.23. The van der Waals surface area contributed by atoms with Gasteiger partial charge in [-0.25, -0.2) is 0 Å². The number of benzene rings is 1. The van der Waals surface area contributed by atoms with Crippen LogP contribution in [0.5, 0.6) is 0 Å². The molecule has 1 aromatic heterocycles. The van der Waals surface area contributed by atoms with Gasteiger partial charge in [0.15, 0.2) is 5.69 Å². The summed E-state index contributed by atoms with van der Waals surface area (Å²) in [6.45, 7) is 3.03. The van der Waals surface area contributed by atoms with Gasteiger partial charge in [-0.1, -0.05) is 29.8 Å². The van der Waals surface area contributed by atoms with Gasteiger partial charge in [-0.3, -0.25) is 9.59 Å². The first kappa shape index (κ1) is 18.9. The molecule has 28 heavy (non-hydrogen) atoms. The number of fused-ring (bicyclic) bond motifs is 2. The van der Waals surface area contributed by atoms with Crippen LogP contribution < -0.4 is 0 Å². The lowest BCUT2D eigenvalue weighted by Crippen LogP contribution is -2.63. The first-order valence-electron chi connectivity index (χ1n) is 9.65. The average molecular weight is 402 g/mol. The van der Waals surface area contributed by atoms with Crippen LogP contribution >= 0.6 is 11.6 Å². The monoisotopic (exact) mass is 401 g/mol. The molecular formula is C20H24ClN5O2. The number of hydrogen-bond donors (Lipinski definition) is 0. The summed E-state index contributed by atoms with van der Waals surface area (Å²) in [7, 11) is 1.69. The van der Waals surface area contributed by atoms with Crippen LogP contribution in [0.3, 0.4) is 0 Å². The molecule has 2 atom stereocenters. The zero-order chi connectivity index (χ0) is 19.8. The number of aromatic nitrogens is 3. The van der Waals surface area contributed by atoms with E-state index in [-0.39, 0.29) is 23.9 Å². The van der Waals surface area contributed by atoms with Gasteiger partial charge >= 0.3 is 0 Å². The van der Waals surface area contributed by atoms with Crippen molar-refractivity contribution in [3.8, 4) is 0 Å². The number of hydrogen-bond acceptors (Lipinski definition) is 4. The minimum absolute atomic E-state index is 0.0456. The van der Waals surface area contributed by atoms with E-state index in [4.69, 9.17) is 11.6 Å². The Labute approximate surface area is 169 Å². The summed E-state index contributed by atoms with van der Waals surface area (Å²) in [4.78, 5) is 31.1. The zero-order valence-corrected chi connectivity index (χ0v) is 16.9. The van der Waals surface area contributed by atoms with Crippen LogP contribution in [0.25, 0.3) is 0 Å². The number of amides is 2. The maximum atomic E-state index is 13.1. The summed E-state index contributed by atoms with van der Waals surface area (Å²) >= 11 is 6.39. The van der Waals surface area contributed by atoms with Crippen molar-refractivity contribution in [3.05, 3.63) is 46.2 Å². The smallest absolute Gasteiger partial charge is 0.276 e. The van der Waals surface area contributed by atoms with E-state index in [9.17, 15) is 9.59 Å². The number of carbonyl (C=O) groups excluding carboxylic acids is 2. The van der Waals surface area contributed by atoms with E-state index < -0.39 is 0 Å². The number of nitrogens with zero attached hydrogens (tertiary/aromatic N) is 5. The van der Waals surface area contributed by atoms with E-state index in [1.54, 1.807) is 7.05 Å². The van der Waals surface area contributed by atoms with Gasteiger partial charge in [0.05, 0.1) is 12.6 Å². The summed E-state index contributed by atoms with van der Waals surface area (Å²) in [5.41, 5.74) is 2.20. The van der Waals surface area contributed by atoms with Crippen molar-refractivity contribution in [2.24, 2.45) is 7.05 Å². The molecule has 2 saturated heterocycles.